The maximum absolute atomic E-state index is 6.46. The molecule has 122 valence electrons. The molecule has 22 heavy (non-hydrogen) atoms. The zero-order valence-corrected chi connectivity index (χ0v) is 13.8. The van der Waals surface area contributed by atoms with Crippen LogP contribution in [0.25, 0.3) is 0 Å². The highest BCUT2D eigenvalue weighted by atomic mass is 16.5. The van der Waals surface area contributed by atoms with Gasteiger partial charge in [0.15, 0.2) is 0 Å². The van der Waals surface area contributed by atoms with Crippen LogP contribution in [0.4, 0.5) is 0 Å². The van der Waals surface area contributed by atoms with E-state index in [1.807, 2.05) is 0 Å². The SMILES string of the molecule is COc1ccc(CN2CCC(CC(N)C3CCCC3)C2)cc1. The second-order valence-electron chi connectivity index (χ2n) is 7.18. The number of hydrogen-bond acceptors (Lipinski definition) is 3. The number of ether oxygens (including phenoxy) is 1. The third kappa shape index (κ3) is 4.02. The molecule has 1 heterocycles. The third-order valence-electron chi connectivity index (χ3n) is 5.55. The Hall–Kier alpha value is -1.06. The summed E-state index contributed by atoms with van der Waals surface area (Å²) in [5, 5.41) is 0. The Labute approximate surface area is 134 Å². The molecule has 0 bridgehead atoms. The molecule has 0 radical (unpaired) electrons. The van der Waals surface area contributed by atoms with E-state index >= 15 is 0 Å². The van der Waals surface area contributed by atoms with Crippen LogP contribution in [0.2, 0.25) is 0 Å². The molecule has 1 aliphatic heterocycles. The van der Waals surface area contributed by atoms with Gasteiger partial charge in [-0.05, 0) is 61.8 Å². The lowest BCUT2D eigenvalue weighted by Gasteiger charge is -2.22. The normalized spacial score (nSPS) is 24.7. The smallest absolute Gasteiger partial charge is 0.118 e. The molecular formula is C19H30N2O. The highest BCUT2D eigenvalue weighted by Gasteiger charge is 2.28. The minimum absolute atomic E-state index is 0.438. The summed E-state index contributed by atoms with van der Waals surface area (Å²) in [7, 11) is 1.72. The Morgan fingerprint density at radius 2 is 1.91 bits per heavy atom. The maximum atomic E-state index is 6.46. The monoisotopic (exact) mass is 302 g/mol. The van der Waals surface area contributed by atoms with E-state index in [4.69, 9.17) is 10.5 Å². The van der Waals surface area contributed by atoms with E-state index in [-0.39, 0.29) is 0 Å². The van der Waals surface area contributed by atoms with Gasteiger partial charge < -0.3 is 10.5 Å². The molecule has 1 saturated heterocycles. The summed E-state index contributed by atoms with van der Waals surface area (Å²) >= 11 is 0. The first kappa shape index (κ1) is 15.8. The van der Waals surface area contributed by atoms with Crippen LogP contribution < -0.4 is 10.5 Å². The Morgan fingerprint density at radius 3 is 2.59 bits per heavy atom. The molecular weight excluding hydrogens is 272 g/mol. The van der Waals surface area contributed by atoms with Gasteiger partial charge in [-0.1, -0.05) is 25.0 Å². The summed E-state index contributed by atoms with van der Waals surface area (Å²) in [6.45, 7) is 3.49. The fourth-order valence-corrected chi connectivity index (χ4v) is 4.20. The molecule has 2 atom stereocenters. The van der Waals surface area contributed by atoms with Gasteiger partial charge >= 0.3 is 0 Å². The van der Waals surface area contributed by atoms with E-state index in [2.05, 4.69) is 29.2 Å². The Kier molecular flexibility index (Phi) is 5.37. The average molecular weight is 302 g/mol. The van der Waals surface area contributed by atoms with E-state index in [0.717, 1.165) is 24.1 Å². The van der Waals surface area contributed by atoms with Gasteiger partial charge in [-0.15, -0.1) is 0 Å². The lowest BCUT2D eigenvalue weighted by Crippen LogP contribution is -2.31. The fraction of sp³-hybridized carbons (Fsp3) is 0.684. The highest BCUT2D eigenvalue weighted by molar-refractivity contribution is 5.27. The molecule has 1 saturated carbocycles. The second-order valence-corrected chi connectivity index (χ2v) is 7.18. The van der Waals surface area contributed by atoms with Gasteiger partial charge in [-0.2, -0.15) is 0 Å². The summed E-state index contributed by atoms with van der Waals surface area (Å²) in [5.74, 6) is 2.54. The van der Waals surface area contributed by atoms with Crippen LogP contribution in [0.5, 0.6) is 5.75 Å². The van der Waals surface area contributed by atoms with Crippen molar-refractivity contribution in [1.82, 2.24) is 4.90 Å². The van der Waals surface area contributed by atoms with Crippen LogP contribution in [0, 0.1) is 11.8 Å². The van der Waals surface area contributed by atoms with Crippen LogP contribution in [0.1, 0.15) is 44.1 Å². The van der Waals surface area contributed by atoms with Crippen molar-refractivity contribution in [3.63, 3.8) is 0 Å². The second kappa shape index (κ2) is 7.47. The summed E-state index contributed by atoms with van der Waals surface area (Å²) in [6.07, 6.45) is 8.06. The standard InChI is InChI=1S/C19H30N2O/c1-22-18-8-6-15(7-9-18)13-21-11-10-16(14-21)12-19(20)17-4-2-3-5-17/h6-9,16-17,19H,2-5,10-14,20H2,1H3. The number of nitrogens with zero attached hydrogens (tertiary/aromatic N) is 1. The van der Waals surface area contributed by atoms with E-state index in [1.54, 1.807) is 7.11 Å². The average Bonchev–Trinajstić information content (AvgIpc) is 3.20. The number of nitrogens with two attached hydrogens (primary N) is 1. The topological polar surface area (TPSA) is 38.5 Å². The molecule has 1 aliphatic carbocycles. The number of hydrogen-bond donors (Lipinski definition) is 1. The van der Waals surface area contributed by atoms with Crippen molar-refractivity contribution in [2.24, 2.45) is 17.6 Å². The first-order chi connectivity index (χ1) is 10.7. The van der Waals surface area contributed by atoms with E-state index < -0.39 is 0 Å². The first-order valence-corrected chi connectivity index (χ1v) is 8.85. The van der Waals surface area contributed by atoms with Gasteiger partial charge in [-0.3, -0.25) is 4.90 Å². The van der Waals surface area contributed by atoms with Gasteiger partial charge in [-0.25, -0.2) is 0 Å². The van der Waals surface area contributed by atoms with Crippen LogP contribution >= 0.6 is 0 Å². The van der Waals surface area contributed by atoms with Crippen LogP contribution in [0.15, 0.2) is 24.3 Å². The summed E-state index contributed by atoms with van der Waals surface area (Å²) in [5.41, 5.74) is 7.83. The molecule has 2 fully saturated rings. The zero-order valence-electron chi connectivity index (χ0n) is 13.8. The predicted octanol–water partition coefficient (Wildman–Crippen LogP) is 3.42. The van der Waals surface area contributed by atoms with Crippen LogP contribution in [-0.2, 0) is 6.54 Å². The van der Waals surface area contributed by atoms with Crippen molar-refractivity contribution in [3.8, 4) is 5.75 Å². The van der Waals surface area contributed by atoms with Crippen molar-refractivity contribution in [1.29, 1.82) is 0 Å². The summed E-state index contributed by atoms with van der Waals surface area (Å²) in [4.78, 5) is 2.58. The molecule has 0 spiro atoms. The minimum atomic E-state index is 0.438. The molecule has 3 rings (SSSR count). The Bertz CT molecular complexity index is 453. The number of benzene rings is 1. The highest BCUT2D eigenvalue weighted by Crippen LogP contribution is 2.31. The van der Waals surface area contributed by atoms with Crippen molar-refractivity contribution in [2.75, 3.05) is 20.2 Å². The van der Waals surface area contributed by atoms with E-state index in [1.165, 1.54) is 57.2 Å². The quantitative estimate of drug-likeness (QED) is 0.875. The van der Waals surface area contributed by atoms with Crippen molar-refractivity contribution in [3.05, 3.63) is 29.8 Å². The lowest BCUT2D eigenvalue weighted by atomic mass is 9.89. The molecule has 2 aliphatic rings. The van der Waals surface area contributed by atoms with E-state index in [9.17, 15) is 0 Å². The lowest BCUT2D eigenvalue weighted by molar-refractivity contribution is 0.295. The van der Waals surface area contributed by atoms with Crippen molar-refractivity contribution < 1.29 is 4.74 Å². The summed E-state index contributed by atoms with van der Waals surface area (Å²) < 4.78 is 5.22. The largest absolute Gasteiger partial charge is 0.497 e. The van der Waals surface area contributed by atoms with Gasteiger partial charge in [0.25, 0.3) is 0 Å². The van der Waals surface area contributed by atoms with Gasteiger partial charge in [0, 0.05) is 19.1 Å². The minimum Gasteiger partial charge on any atom is -0.497 e. The number of methoxy groups -OCH3 is 1. The predicted molar refractivity (Wildman–Crippen MR) is 90.9 cm³/mol. The van der Waals surface area contributed by atoms with E-state index in [0.29, 0.717) is 6.04 Å². The first-order valence-electron chi connectivity index (χ1n) is 8.85. The molecule has 3 heteroatoms. The number of rotatable bonds is 6. The van der Waals surface area contributed by atoms with Gasteiger partial charge in [0.2, 0.25) is 0 Å². The van der Waals surface area contributed by atoms with Crippen molar-refractivity contribution >= 4 is 0 Å². The third-order valence-corrected chi connectivity index (χ3v) is 5.55. The van der Waals surface area contributed by atoms with Crippen LogP contribution in [-0.4, -0.2) is 31.1 Å². The molecule has 0 amide bonds. The summed E-state index contributed by atoms with van der Waals surface area (Å²) in [6, 6.07) is 8.90. The molecule has 2 N–H and O–H groups in total. The van der Waals surface area contributed by atoms with Gasteiger partial charge in [0.05, 0.1) is 7.11 Å². The molecule has 0 aromatic heterocycles. The van der Waals surface area contributed by atoms with Gasteiger partial charge in [0.1, 0.15) is 5.75 Å². The van der Waals surface area contributed by atoms with Crippen molar-refractivity contribution in [2.45, 2.75) is 51.1 Å². The molecule has 1 aromatic carbocycles. The zero-order chi connectivity index (χ0) is 15.4. The Balaban J connectivity index is 1.45. The number of likely N-dealkylation sites (tertiary alicyclic amines) is 1. The fourth-order valence-electron chi connectivity index (χ4n) is 4.20. The molecule has 2 unspecified atom stereocenters. The Morgan fingerprint density at radius 1 is 1.18 bits per heavy atom. The molecule has 3 nitrogen and oxygen atoms in total. The maximum Gasteiger partial charge on any atom is 0.118 e. The van der Waals surface area contributed by atoms with Crippen LogP contribution in [0.3, 0.4) is 0 Å². The molecule has 1 aromatic rings.